The summed E-state index contributed by atoms with van der Waals surface area (Å²) in [4.78, 5) is 10.8. The van der Waals surface area contributed by atoms with E-state index in [0.29, 0.717) is 6.42 Å². The largest absolute Gasteiger partial charge is 0.375 e. The highest BCUT2D eigenvalue weighted by Crippen LogP contribution is 2.02. The van der Waals surface area contributed by atoms with Crippen LogP contribution in [-0.2, 0) is 4.79 Å². The molecular formula is C6H10N4OS. The van der Waals surface area contributed by atoms with Crippen LogP contribution in [0.5, 0.6) is 0 Å². The average molecular weight is 186 g/mol. The molecule has 0 aliphatic carbocycles. The van der Waals surface area contributed by atoms with Gasteiger partial charge in [-0.15, -0.1) is 0 Å². The minimum absolute atomic E-state index is 0.0222. The van der Waals surface area contributed by atoms with E-state index in [4.69, 9.17) is 5.73 Å². The molecule has 0 aromatic rings. The Bertz CT molecular complexity index is 250. The van der Waals surface area contributed by atoms with E-state index < -0.39 is 0 Å². The molecule has 0 spiro atoms. The molecule has 1 saturated heterocycles. The highest BCUT2D eigenvalue weighted by atomic mass is 32.1. The maximum absolute atomic E-state index is 10.8. The van der Waals surface area contributed by atoms with Crippen molar-refractivity contribution in [2.24, 2.45) is 10.8 Å². The van der Waals surface area contributed by atoms with Gasteiger partial charge in [-0.1, -0.05) is 0 Å². The first-order valence-electron chi connectivity index (χ1n) is 3.51. The molecule has 1 amide bonds. The van der Waals surface area contributed by atoms with Gasteiger partial charge in [-0.05, 0) is 19.1 Å². The summed E-state index contributed by atoms with van der Waals surface area (Å²) < 4.78 is 0. The Labute approximate surface area is 75.4 Å². The monoisotopic (exact) mass is 186 g/mol. The van der Waals surface area contributed by atoms with E-state index in [-0.39, 0.29) is 17.1 Å². The summed E-state index contributed by atoms with van der Waals surface area (Å²) in [6, 6.07) is -0.0284. The number of thiocarbonyl (C=S) groups is 1. The van der Waals surface area contributed by atoms with Gasteiger partial charge in [-0.25, -0.2) is 0 Å². The number of hydrogen-bond acceptors (Lipinski definition) is 3. The Balaban J connectivity index is 2.57. The number of hydrogen-bond donors (Lipinski definition) is 3. The first kappa shape index (κ1) is 8.92. The number of amides is 1. The topological polar surface area (TPSA) is 79.5 Å². The van der Waals surface area contributed by atoms with E-state index in [1.165, 1.54) is 0 Å². The molecule has 0 aromatic heterocycles. The Hall–Kier alpha value is -1.17. The lowest BCUT2D eigenvalue weighted by Gasteiger charge is -2.02. The van der Waals surface area contributed by atoms with Crippen molar-refractivity contribution in [2.45, 2.75) is 19.4 Å². The molecule has 0 radical (unpaired) electrons. The van der Waals surface area contributed by atoms with Gasteiger partial charge in [0, 0.05) is 0 Å². The Morgan fingerprint density at radius 3 is 3.00 bits per heavy atom. The number of nitrogens with one attached hydrogen (secondary N) is 2. The zero-order chi connectivity index (χ0) is 9.14. The number of rotatable bonds is 1. The molecule has 1 rings (SSSR count). The maximum atomic E-state index is 10.8. The van der Waals surface area contributed by atoms with E-state index in [2.05, 4.69) is 28.1 Å². The van der Waals surface area contributed by atoms with Gasteiger partial charge >= 0.3 is 0 Å². The van der Waals surface area contributed by atoms with Crippen LogP contribution in [0.3, 0.4) is 0 Å². The molecule has 12 heavy (non-hydrogen) atoms. The van der Waals surface area contributed by atoms with Gasteiger partial charge in [0.1, 0.15) is 0 Å². The minimum atomic E-state index is -0.0284. The van der Waals surface area contributed by atoms with Crippen LogP contribution in [0.1, 0.15) is 13.3 Å². The van der Waals surface area contributed by atoms with Crippen molar-refractivity contribution in [1.82, 2.24) is 10.7 Å². The third-order valence-corrected chi connectivity index (χ3v) is 1.62. The zero-order valence-corrected chi connectivity index (χ0v) is 7.44. The van der Waals surface area contributed by atoms with Crippen LogP contribution in [0, 0.1) is 0 Å². The van der Waals surface area contributed by atoms with E-state index >= 15 is 0 Å². The number of carbonyl (C=O) groups is 1. The van der Waals surface area contributed by atoms with E-state index in [1.54, 1.807) is 0 Å². The summed E-state index contributed by atoms with van der Waals surface area (Å²) in [5.74, 6) is -0.0222. The first-order valence-corrected chi connectivity index (χ1v) is 3.91. The van der Waals surface area contributed by atoms with Crippen LogP contribution < -0.4 is 16.5 Å². The Morgan fingerprint density at radius 1 is 1.92 bits per heavy atom. The molecule has 1 fully saturated rings. The first-order chi connectivity index (χ1) is 5.59. The second-order valence-corrected chi connectivity index (χ2v) is 2.98. The predicted molar refractivity (Wildman–Crippen MR) is 49.6 cm³/mol. The number of carbonyl (C=O) groups excluding carboxylic acids is 1. The van der Waals surface area contributed by atoms with Gasteiger partial charge in [0.05, 0.1) is 18.2 Å². The highest BCUT2D eigenvalue weighted by Gasteiger charge is 2.23. The Morgan fingerprint density at radius 2 is 2.58 bits per heavy atom. The lowest BCUT2D eigenvalue weighted by atomic mass is 10.2. The molecule has 1 heterocycles. The molecule has 0 saturated carbocycles. The fourth-order valence-corrected chi connectivity index (χ4v) is 1.00. The normalized spacial score (nSPS) is 25.6. The van der Waals surface area contributed by atoms with Gasteiger partial charge in [-0.3, -0.25) is 10.2 Å². The second-order valence-electron chi connectivity index (χ2n) is 2.55. The fraction of sp³-hybridized carbons (Fsp3) is 0.500. The summed E-state index contributed by atoms with van der Waals surface area (Å²) in [6.45, 7) is 1.85. The zero-order valence-electron chi connectivity index (χ0n) is 6.63. The summed E-state index contributed by atoms with van der Waals surface area (Å²) in [7, 11) is 0. The van der Waals surface area contributed by atoms with Gasteiger partial charge in [0.15, 0.2) is 5.11 Å². The van der Waals surface area contributed by atoms with Gasteiger partial charge in [-0.2, -0.15) is 5.10 Å². The third-order valence-electron chi connectivity index (χ3n) is 1.53. The van der Waals surface area contributed by atoms with Crippen molar-refractivity contribution < 1.29 is 4.79 Å². The van der Waals surface area contributed by atoms with Crippen LogP contribution >= 0.6 is 12.2 Å². The predicted octanol–water partition coefficient (Wildman–Crippen LogP) is -0.916. The molecule has 5 nitrogen and oxygen atoms in total. The van der Waals surface area contributed by atoms with Crippen LogP contribution in [-0.4, -0.2) is 22.8 Å². The van der Waals surface area contributed by atoms with Gasteiger partial charge in [0.25, 0.3) is 0 Å². The Kier molecular flexibility index (Phi) is 2.59. The van der Waals surface area contributed by atoms with Gasteiger partial charge < -0.3 is 11.1 Å². The molecule has 4 N–H and O–H groups in total. The second kappa shape index (κ2) is 3.48. The van der Waals surface area contributed by atoms with E-state index in [1.807, 2.05) is 6.92 Å². The summed E-state index contributed by atoms with van der Waals surface area (Å²) in [5, 5.41) is 6.67. The maximum Gasteiger partial charge on any atom is 0.226 e. The molecule has 1 unspecified atom stereocenters. The molecule has 6 heteroatoms. The smallest absolute Gasteiger partial charge is 0.226 e. The quantitative estimate of drug-likeness (QED) is 0.365. The standard InChI is InChI=1S/C6H10N4OS/c1-3-4(2-5(11)8-3)9-10-6(7)12/h3H,2H2,1H3,(H,8,11)(H3,7,10,12)/b9-4+. The van der Waals surface area contributed by atoms with Crippen molar-refractivity contribution in [3.63, 3.8) is 0 Å². The van der Waals surface area contributed by atoms with Crippen molar-refractivity contribution >= 4 is 28.9 Å². The van der Waals surface area contributed by atoms with E-state index in [9.17, 15) is 4.79 Å². The SMILES string of the molecule is CC1NC(=O)C/C1=N\NC(N)=S. The average Bonchev–Trinajstić information content (AvgIpc) is 2.26. The number of hydrazone groups is 1. The molecular weight excluding hydrogens is 176 g/mol. The lowest BCUT2D eigenvalue weighted by molar-refractivity contribution is -0.119. The van der Waals surface area contributed by atoms with Crippen molar-refractivity contribution in [3.8, 4) is 0 Å². The molecule has 1 atom stereocenters. The fourth-order valence-electron chi connectivity index (χ4n) is 0.957. The van der Waals surface area contributed by atoms with Crippen LogP contribution in [0.15, 0.2) is 5.10 Å². The highest BCUT2D eigenvalue weighted by molar-refractivity contribution is 7.80. The van der Waals surface area contributed by atoms with Crippen LogP contribution in [0.2, 0.25) is 0 Å². The molecule has 1 aliphatic heterocycles. The summed E-state index contributed by atoms with van der Waals surface area (Å²) in [6.07, 6.45) is 0.316. The van der Waals surface area contributed by atoms with Gasteiger partial charge in [0.2, 0.25) is 5.91 Å². The minimum Gasteiger partial charge on any atom is -0.375 e. The third kappa shape index (κ3) is 2.16. The summed E-state index contributed by atoms with van der Waals surface area (Å²) in [5.41, 5.74) is 8.33. The molecule has 0 aromatic carbocycles. The van der Waals surface area contributed by atoms with E-state index in [0.717, 1.165) is 5.71 Å². The molecule has 0 bridgehead atoms. The van der Waals surface area contributed by atoms with Crippen molar-refractivity contribution in [2.75, 3.05) is 0 Å². The summed E-state index contributed by atoms with van der Waals surface area (Å²) >= 11 is 4.55. The van der Waals surface area contributed by atoms with Crippen molar-refractivity contribution in [1.29, 1.82) is 0 Å². The van der Waals surface area contributed by atoms with Crippen molar-refractivity contribution in [3.05, 3.63) is 0 Å². The van der Waals surface area contributed by atoms with Crippen LogP contribution in [0.25, 0.3) is 0 Å². The number of nitrogens with zero attached hydrogens (tertiary/aromatic N) is 1. The number of nitrogens with two attached hydrogens (primary N) is 1. The lowest BCUT2D eigenvalue weighted by Crippen LogP contribution is -2.29. The van der Waals surface area contributed by atoms with Crippen LogP contribution in [0.4, 0.5) is 0 Å². The molecule has 66 valence electrons. The molecule has 1 aliphatic rings.